The lowest BCUT2D eigenvalue weighted by atomic mass is 10.1. The Balaban J connectivity index is 1.24. The van der Waals surface area contributed by atoms with Crippen LogP contribution in [0, 0.1) is 0 Å². The van der Waals surface area contributed by atoms with Gasteiger partial charge >= 0.3 is 0 Å². The summed E-state index contributed by atoms with van der Waals surface area (Å²) in [5.41, 5.74) is 3.26. The summed E-state index contributed by atoms with van der Waals surface area (Å²) in [7, 11) is 0. The first kappa shape index (κ1) is 32.0. The average Bonchev–Trinajstić information content (AvgIpc) is 3.51. The van der Waals surface area contributed by atoms with Gasteiger partial charge in [-0.3, -0.25) is 14.4 Å². The Bertz CT molecular complexity index is 1860. The van der Waals surface area contributed by atoms with Gasteiger partial charge in [0.15, 0.2) is 5.13 Å². The molecule has 226 valence electrons. The van der Waals surface area contributed by atoms with Gasteiger partial charge in [-0.05, 0) is 61.0 Å². The van der Waals surface area contributed by atoms with Crippen LogP contribution >= 0.6 is 46.3 Å². The molecule has 0 saturated carbocycles. The molecule has 7 nitrogen and oxygen atoms in total. The third-order valence-corrected chi connectivity index (χ3v) is 8.95. The minimum Gasteiger partial charge on any atom is -0.321 e. The third kappa shape index (κ3) is 8.83. The number of hydrogen-bond donors (Lipinski definition) is 3. The minimum atomic E-state index is -0.488. The molecule has 3 N–H and O–H groups in total. The molecule has 5 rings (SSSR count). The first-order valence-corrected chi connectivity index (χ1v) is 16.2. The number of carbonyl (C=O) groups is 3. The fraction of sp³-hybridized carbons (Fsp3) is 0.0588. The second-order valence-corrected chi connectivity index (χ2v) is 12.8. The quantitative estimate of drug-likeness (QED) is 0.102. The summed E-state index contributed by atoms with van der Waals surface area (Å²) in [5, 5.41) is 11.2. The molecule has 1 atom stereocenters. The minimum absolute atomic E-state index is 0.0875. The highest BCUT2D eigenvalue weighted by molar-refractivity contribution is 8.00. The zero-order valence-corrected chi connectivity index (χ0v) is 26.9. The number of carbonyl (C=O) groups excluding carboxylic acids is 3. The topological polar surface area (TPSA) is 100 Å². The number of thioether (sulfide) groups is 1. The lowest BCUT2D eigenvalue weighted by Crippen LogP contribution is -2.30. The van der Waals surface area contributed by atoms with Gasteiger partial charge < -0.3 is 16.0 Å². The Labute approximate surface area is 278 Å². The molecule has 0 radical (unpaired) electrons. The molecule has 0 spiro atoms. The monoisotopic (exact) mass is 672 g/mol. The van der Waals surface area contributed by atoms with E-state index < -0.39 is 17.1 Å². The van der Waals surface area contributed by atoms with Gasteiger partial charge in [0.2, 0.25) is 5.91 Å². The molecule has 0 aliphatic rings. The number of thiazole rings is 1. The second kappa shape index (κ2) is 15.0. The van der Waals surface area contributed by atoms with E-state index in [2.05, 4.69) is 20.9 Å². The number of hydrogen-bond acceptors (Lipinski definition) is 6. The highest BCUT2D eigenvalue weighted by Gasteiger charge is 2.18. The molecule has 0 bridgehead atoms. The standard InChI is InChI=1S/C34H26Cl2N4O3S2/c1-21(31(41)40-34-39-30(20-44-34)24-15-16-27(35)28(36)18-24)45-26-14-8-13-25(19-26)37-33(43)29(17-22-9-4-2-5-10-22)38-32(42)23-11-6-3-7-12-23/h2-21H,1H3,(H,37,43)(H,38,42)(H,39,40,41)/b29-17-. The molecular formula is C34H26Cl2N4O3S2. The zero-order valence-electron chi connectivity index (χ0n) is 23.8. The molecule has 1 unspecified atom stereocenters. The predicted molar refractivity (Wildman–Crippen MR) is 185 cm³/mol. The van der Waals surface area contributed by atoms with Gasteiger partial charge in [0.1, 0.15) is 5.70 Å². The summed E-state index contributed by atoms with van der Waals surface area (Å²) < 4.78 is 0. The first-order chi connectivity index (χ1) is 21.7. The van der Waals surface area contributed by atoms with Crippen molar-refractivity contribution in [3.05, 3.63) is 135 Å². The van der Waals surface area contributed by atoms with E-state index in [4.69, 9.17) is 23.2 Å². The van der Waals surface area contributed by atoms with Crippen molar-refractivity contribution in [3.63, 3.8) is 0 Å². The van der Waals surface area contributed by atoms with Crippen LogP contribution in [0.1, 0.15) is 22.8 Å². The van der Waals surface area contributed by atoms with Crippen LogP contribution in [0.2, 0.25) is 10.0 Å². The molecule has 4 aromatic carbocycles. The molecule has 0 aliphatic heterocycles. The van der Waals surface area contributed by atoms with Crippen molar-refractivity contribution >= 4 is 80.9 Å². The smallest absolute Gasteiger partial charge is 0.272 e. The van der Waals surface area contributed by atoms with E-state index in [9.17, 15) is 14.4 Å². The number of rotatable bonds is 10. The maximum atomic E-state index is 13.4. The molecule has 1 aromatic heterocycles. The highest BCUT2D eigenvalue weighted by atomic mass is 35.5. The van der Waals surface area contributed by atoms with Gasteiger partial charge in [-0.15, -0.1) is 23.1 Å². The van der Waals surface area contributed by atoms with Crippen LogP contribution in [0.25, 0.3) is 17.3 Å². The number of nitrogens with one attached hydrogen (secondary N) is 3. The Morgan fingerprint density at radius 3 is 2.31 bits per heavy atom. The summed E-state index contributed by atoms with van der Waals surface area (Å²) in [6.45, 7) is 1.79. The number of nitrogens with zero attached hydrogens (tertiary/aromatic N) is 1. The summed E-state index contributed by atoms with van der Waals surface area (Å²) in [6.07, 6.45) is 1.62. The van der Waals surface area contributed by atoms with Gasteiger partial charge in [-0.1, -0.05) is 83.9 Å². The average molecular weight is 674 g/mol. The lowest BCUT2D eigenvalue weighted by Gasteiger charge is -2.13. The second-order valence-electron chi connectivity index (χ2n) is 9.69. The SMILES string of the molecule is CC(Sc1cccc(NC(=O)/C(=C/c2ccccc2)NC(=O)c2ccccc2)c1)C(=O)Nc1nc(-c2ccc(Cl)c(Cl)c2)cs1. The molecule has 0 saturated heterocycles. The van der Waals surface area contributed by atoms with Gasteiger partial charge in [0.05, 0.1) is 21.0 Å². The van der Waals surface area contributed by atoms with E-state index in [0.29, 0.717) is 32.1 Å². The molecule has 45 heavy (non-hydrogen) atoms. The van der Waals surface area contributed by atoms with Crippen LogP contribution in [0.4, 0.5) is 10.8 Å². The summed E-state index contributed by atoms with van der Waals surface area (Å²) in [6, 6.07) is 30.3. The molecule has 3 amide bonds. The number of halogens is 2. The van der Waals surface area contributed by atoms with Crippen molar-refractivity contribution in [2.24, 2.45) is 0 Å². The number of anilines is 2. The number of benzene rings is 4. The zero-order chi connectivity index (χ0) is 31.8. The number of amides is 3. The molecule has 11 heteroatoms. The van der Waals surface area contributed by atoms with Crippen molar-refractivity contribution in [3.8, 4) is 11.3 Å². The van der Waals surface area contributed by atoms with Crippen LogP contribution in [0.15, 0.2) is 119 Å². The fourth-order valence-electron chi connectivity index (χ4n) is 4.09. The Kier molecular flexibility index (Phi) is 10.7. The summed E-state index contributed by atoms with van der Waals surface area (Å²) in [5.74, 6) is -1.11. The van der Waals surface area contributed by atoms with E-state index in [1.165, 1.54) is 23.1 Å². The van der Waals surface area contributed by atoms with Gasteiger partial charge in [-0.25, -0.2) is 4.98 Å². The van der Waals surface area contributed by atoms with Crippen molar-refractivity contribution in [1.82, 2.24) is 10.3 Å². The van der Waals surface area contributed by atoms with Crippen molar-refractivity contribution in [1.29, 1.82) is 0 Å². The van der Waals surface area contributed by atoms with E-state index in [-0.39, 0.29) is 11.6 Å². The summed E-state index contributed by atoms with van der Waals surface area (Å²) >= 11 is 14.8. The molecule has 5 aromatic rings. The molecular weight excluding hydrogens is 647 g/mol. The third-order valence-electron chi connectivity index (χ3n) is 6.36. The normalized spacial score (nSPS) is 11.8. The first-order valence-electron chi connectivity index (χ1n) is 13.7. The Hall–Kier alpha value is -4.41. The van der Waals surface area contributed by atoms with Gasteiger partial charge in [0, 0.05) is 27.1 Å². The largest absolute Gasteiger partial charge is 0.321 e. The van der Waals surface area contributed by atoms with E-state index in [1.807, 2.05) is 53.9 Å². The lowest BCUT2D eigenvalue weighted by molar-refractivity contribution is -0.115. The molecule has 1 heterocycles. The summed E-state index contributed by atoms with van der Waals surface area (Å²) in [4.78, 5) is 44.5. The van der Waals surface area contributed by atoms with E-state index >= 15 is 0 Å². The molecule has 0 fully saturated rings. The fourth-order valence-corrected chi connectivity index (χ4v) is 6.03. The number of aromatic nitrogens is 1. The van der Waals surface area contributed by atoms with Crippen LogP contribution in [-0.4, -0.2) is 28.0 Å². The van der Waals surface area contributed by atoms with Crippen molar-refractivity contribution < 1.29 is 14.4 Å². The van der Waals surface area contributed by atoms with Crippen LogP contribution < -0.4 is 16.0 Å². The van der Waals surface area contributed by atoms with E-state index in [1.54, 1.807) is 67.6 Å². The maximum absolute atomic E-state index is 13.4. The van der Waals surface area contributed by atoms with Crippen LogP contribution in [0.3, 0.4) is 0 Å². The van der Waals surface area contributed by atoms with Crippen LogP contribution in [-0.2, 0) is 9.59 Å². The molecule has 0 aliphatic carbocycles. The van der Waals surface area contributed by atoms with Crippen LogP contribution in [0.5, 0.6) is 0 Å². The van der Waals surface area contributed by atoms with Crippen molar-refractivity contribution in [2.45, 2.75) is 17.1 Å². The Morgan fingerprint density at radius 1 is 0.844 bits per heavy atom. The Morgan fingerprint density at radius 2 is 1.58 bits per heavy atom. The highest BCUT2D eigenvalue weighted by Crippen LogP contribution is 2.31. The maximum Gasteiger partial charge on any atom is 0.272 e. The van der Waals surface area contributed by atoms with Gasteiger partial charge in [0.25, 0.3) is 11.8 Å². The van der Waals surface area contributed by atoms with Crippen molar-refractivity contribution in [2.75, 3.05) is 10.6 Å². The van der Waals surface area contributed by atoms with Gasteiger partial charge in [-0.2, -0.15) is 0 Å². The van der Waals surface area contributed by atoms with E-state index in [0.717, 1.165) is 16.0 Å². The predicted octanol–water partition coefficient (Wildman–Crippen LogP) is 8.65.